The molecule has 1 aromatic rings. The van der Waals surface area contributed by atoms with Gasteiger partial charge in [-0.1, -0.05) is 28.1 Å². The summed E-state index contributed by atoms with van der Waals surface area (Å²) in [6.45, 7) is 9.31. The monoisotopic (exact) mass is 337 g/mol. The zero-order chi connectivity index (χ0) is 14.8. The normalized spacial score (nSPS) is 22.6. The Bertz CT molecular complexity index is 473. The van der Waals surface area contributed by atoms with E-state index < -0.39 is 0 Å². The summed E-state index contributed by atoms with van der Waals surface area (Å²) in [5.74, 6) is 1.52. The summed E-state index contributed by atoms with van der Waals surface area (Å²) in [6, 6.07) is 9.11. The van der Waals surface area contributed by atoms with E-state index in [-0.39, 0.29) is 5.54 Å². The lowest BCUT2D eigenvalue weighted by atomic mass is 10.1. The van der Waals surface area contributed by atoms with Crippen molar-refractivity contribution in [1.29, 1.82) is 0 Å². The largest absolute Gasteiger partial charge is 0.353 e. The van der Waals surface area contributed by atoms with Crippen LogP contribution in [-0.2, 0) is 0 Å². The zero-order valence-corrected chi connectivity index (χ0v) is 14.3. The maximum atomic E-state index is 4.52. The van der Waals surface area contributed by atoms with Crippen LogP contribution in [0.4, 0.5) is 0 Å². The second-order valence-electron chi connectivity index (χ2n) is 6.34. The first kappa shape index (κ1) is 15.4. The van der Waals surface area contributed by atoms with E-state index in [0.29, 0.717) is 12.0 Å². The lowest BCUT2D eigenvalue weighted by Gasteiger charge is -2.24. The number of hydrogen-bond donors (Lipinski definition) is 2. The molecule has 0 heterocycles. The Hall–Kier alpha value is -1.03. The van der Waals surface area contributed by atoms with Crippen molar-refractivity contribution in [2.75, 3.05) is 6.54 Å². The Kier molecular flexibility index (Phi) is 4.74. The number of nitrogens with zero attached hydrogens (tertiary/aromatic N) is 1. The highest BCUT2D eigenvalue weighted by Gasteiger charge is 2.39. The Labute approximate surface area is 130 Å². The molecule has 2 N–H and O–H groups in total. The fraction of sp³-hybridized carbons (Fsp3) is 0.562. The number of nitrogens with one attached hydrogen (secondary N) is 2. The minimum absolute atomic E-state index is 0.0308. The van der Waals surface area contributed by atoms with Crippen LogP contribution in [0.5, 0.6) is 0 Å². The van der Waals surface area contributed by atoms with Gasteiger partial charge in [-0.25, -0.2) is 0 Å². The Morgan fingerprint density at radius 2 is 1.95 bits per heavy atom. The molecule has 4 heteroatoms. The van der Waals surface area contributed by atoms with Crippen molar-refractivity contribution in [3.8, 4) is 0 Å². The van der Waals surface area contributed by atoms with Gasteiger partial charge in [-0.05, 0) is 51.8 Å². The molecule has 0 aromatic heterocycles. The van der Waals surface area contributed by atoms with Crippen LogP contribution >= 0.6 is 15.9 Å². The molecule has 2 unspecified atom stereocenters. The zero-order valence-electron chi connectivity index (χ0n) is 12.7. The van der Waals surface area contributed by atoms with Crippen LogP contribution in [0.3, 0.4) is 0 Å². The predicted octanol–water partition coefficient (Wildman–Crippen LogP) is 3.66. The quantitative estimate of drug-likeness (QED) is 0.652. The highest BCUT2D eigenvalue weighted by Crippen LogP contribution is 2.41. The third-order valence-electron chi connectivity index (χ3n) is 3.22. The van der Waals surface area contributed by atoms with Crippen molar-refractivity contribution in [2.24, 2.45) is 4.99 Å². The van der Waals surface area contributed by atoms with Gasteiger partial charge in [0, 0.05) is 28.5 Å². The minimum Gasteiger partial charge on any atom is -0.353 e. The number of halogens is 1. The van der Waals surface area contributed by atoms with Crippen molar-refractivity contribution < 1.29 is 0 Å². The van der Waals surface area contributed by atoms with Gasteiger partial charge >= 0.3 is 0 Å². The number of aliphatic imine (C=N–C) groups is 1. The highest BCUT2D eigenvalue weighted by atomic mass is 79.9. The maximum absolute atomic E-state index is 4.52. The van der Waals surface area contributed by atoms with Crippen LogP contribution in [0, 0.1) is 0 Å². The van der Waals surface area contributed by atoms with Gasteiger partial charge in [-0.15, -0.1) is 0 Å². The Balaban J connectivity index is 1.94. The van der Waals surface area contributed by atoms with E-state index in [0.717, 1.165) is 17.0 Å². The molecule has 2 rings (SSSR count). The fourth-order valence-electron chi connectivity index (χ4n) is 2.24. The third-order valence-corrected chi connectivity index (χ3v) is 3.75. The molecule has 1 aromatic carbocycles. The molecule has 0 bridgehead atoms. The molecule has 1 aliphatic rings. The van der Waals surface area contributed by atoms with Crippen LogP contribution in [0.1, 0.15) is 45.6 Å². The molecule has 0 spiro atoms. The first-order valence-electron chi connectivity index (χ1n) is 7.23. The van der Waals surface area contributed by atoms with E-state index >= 15 is 0 Å². The number of hydrogen-bond acceptors (Lipinski definition) is 1. The van der Waals surface area contributed by atoms with Crippen LogP contribution in [-0.4, -0.2) is 24.1 Å². The molecule has 0 aliphatic heterocycles. The summed E-state index contributed by atoms with van der Waals surface area (Å²) in [7, 11) is 0. The first-order chi connectivity index (χ1) is 9.39. The van der Waals surface area contributed by atoms with Crippen molar-refractivity contribution in [2.45, 2.75) is 51.6 Å². The van der Waals surface area contributed by atoms with Crippen molar-refractivity contribution >= 4 is 21.9 Å². The SMILES string of the molecule is CCN=C(NC1CC1c1ccc(Br)cc1)NC(C)(C)C. The van der Waals surface area contributed by atoms with Crippen molar-refractivity contribution in [3.63, 3.8) is 0 Å². The first-order valence-corrected chi connectivity index (χ1v) is 8.03. The van der Waals surface area contributed by atoms with E-state index in [1.54, 1.807) is 0 Å². The standard InChI is InChI=1S/C16H24BrN3/c1-5-18-15(20-16(2,3)4)19-14-10-13(14)11-6-8-12(17)9-7-11/h6-9,13-14H,5,10H2,1-4H3,(H2,18,19,20). The van der Waals surface area contributed by atoms with Crippen LogP contribution in [0.15, 0.2) is 33.7 Å². The maximum Gasteiger partial charge on any atom is 0.191 e. The third kappa shape index (κ3) is 4.51. The molecule has 3 nitrogen and oxygen atoms in total. The number of guanidine groups is 1. The van der Waals surface area contributed by atoms with E-state index in [1.165, 1.54) is 12.0 Å². The summed E-state index contributed by atoms with van der Waals surface area (Å²) in [5, 5.41) is 6.98. The van der Waals surface area contributed by atoms with E-state index in [4.69, 9.17) is 0 Å². The molecule has 110 valence electrons. The molecule has 2 atom stereocenters. The second-order valence-corrected chi connectivity index (χ2v) is 7.26. The van der Waals surface area contributed by atoms with Gasteiger partial charge in [0.1, 0.15) is 0 Å². The van der Waals surface area contributed by atoms with Gasteiger partial charge < -0.3 is 10.6 Å². The van der Waals surface area contributed by atoms with Gasteiger partial charge in [-0.3, -0.25) is 4.99 Å². The minimum atomic E-state index is 0.0308. The topological polar surface area (TPSA) is 36.4 Å². The van der Waals surface area contributed by atoms with E-state index in [1.807, 2.05) is 0 Å². The molecule has 20 heavy (non-hydrogen) atoms. The smallest absolute Gasteiger partial charge is 0.191 e. The molecular weight excluding hydrogens is 314 g/mol. The molecule has 0 radical (unpaired) electrons. The summed E-state index contributed by atoms with van der Waals surface area (Å²) < 4.78 is 1.13. The fourth-order valence-corrected chi connectivity index (χ4v) is 2.51. The van der Waals surface area contributed by atoms with Crippen molar-refractivity contribution in [1.82, 2.24) is 10.6 Å². The average Bonchev–Trinajstić information content (AvgIpc) is 3.07. The molecule has 1 fully saturated rings. The van der Waals surface area contributed by atoms with Crippen LogP contribution < -0.4 is 10.6 Å². The summed E-state index contributed by atoms with van der Waals surface area (Å²) in [5.41, 5.74) is 1.43. The molecule has 1 saturated carbocycles. The van der Waals surface area contributed by atoms with Crippen LogP contribution in [0.2, 0.25) is 0 Å². The lowest BCUT2D eigenvalue weighted by Crippen LogP contribution is -2.48. The highest BCUT2D eigenvalue weighted by molar-refractivity contribution is 9.10. The van der Waals surface area contributed by atoms with Gasteiger partial charge in [-0.2, -0.15) is 0 Å². The molecule has 1 aliphatic carbocycles. The van der Waals surface area contributed by atoms with Crippen LogP contribution in [0.25, 0.3) is 0 Å². The predicted molar refractivity (Wildman–Crippen MR) is 89.3 cm³/mol. The van der Waals surface area contributed by atoms with E-state index in [2.05, 4.69) is 83.5 Å². The molecule has 0 saturated heterocycles. The van der Waals surface area contributed by atoms with Gasteiger partial charge in [0.2, 0.25) is 0 Å². The van der Waals surface area contributed by atoms with E-state index in [9.17, 15) is 0 Å². The molecular formula is C16H24BrN3. The van der Waals surface area contributed by atoms with Gasteiger partial charge in [0.05, 0.1) is 0 Å². The summed E-state index contributed by atoms with van der Waals surface area (Å²) >= 11 is 3.48. The summed E-state index contributed by atoms with van der Waals surface area (Å²) in [4.78, 5) is 4.52. The Morgan fingerprint density at radius 1 is 1.30 bits per heavy atom. The van der Waals surface area contributed by atoms with Gasteiger partial charge in [0.15, 0.2) is 5.96 Å². The lowest BCUT2D eigenvalue weighted by molar-refractivity contribution is 0.500. The second kappa shape index (κ2) is 6.17. The number of rotatable bonds is 3. The number of benzene rings is 1. The molecule has 0 amide bonds. The average molecular weight is 338 g/mol. The van der Waals surface area contributed by atoms with Crippen molar-refractivity contribution in [3.05, 3.63) is 34.3 Å². The summed E-state index contributed by atoms with van der Waals surface area (Å²) in [6.07, 6.45) is 1.18. The Morgan fingerprint density at radius 3 is 2.50 bits per heavy atom. The van der Waals surface area contributed by atoms with Gasteiger partial charge in [0.25, 0.3) is 0 Å².